The van der Waals surface area contributed by atoms with Gasteiger partial charge in [-0.3, -0.25) is 4.79 Å². The monoisotopic (exact) mass is 150 g/mol. The van der Waals surface area contributed by atoms with Crippen molar-refractivity contribution in [1.82, 2.24) is 0 Å². The molecule has 0 unspecified atom stereocenters. The Hall–Kier alpha value is -1.03. The van der Waals surface area contributed by atoms with Crippen molar-refractivity contribution in [2.75, 3.05) is 0 Å². The molecule has 0 aromatic heterocycles. The molecule has 0 atom stereocenters. The fourth-order valence-corrected chi connectivity index (χ4v) is 0.923. The van der Waals surface area contributed by atoms with E-state index in [0.29, 0.717) is 0 Å². The first-order valence-corrected chi connectivity index (χ1v) is 3.60. The molecule has 11 heavy (non-hydrogen) atoms. The molecule has 0 aliphatic rings. The third-order valence-electron chi connectivity index (χ3n) is 1.46. The fraction of sp³-hybridized carbons (Fsp3) is 0.500. The molecule has 0 amide bonds. The lowest BCUT2D eigenvalue weighted by molar-refractivity contribution is -0.104. The summed E-state index contributed by atoms with van der Waals surface area (Å²) < 4.78 is 0. The lowest BCUT2D eigenvalue weighted by Crippen LogP contribution is -2.07. The van der Waals surface area contributed by atoms with Gasteiger partial charge in [0.25, 0.3) is 0 Å². The van der Waals surface area contributed by atoms with Crippen LogP contribution in [0.2, 0.25) is 0 Å². The molecule has 0 aromatic rings. The molecule has 0 radical (unpaired) electrons. The third-order valence-corrected chi connectivity index (χ3v) is 1.46. The third kappa shape index (κ3) is 4.38. The van der Waals surface area contributed by atoms with Gasteiger partial charge in [-0.1, -0.05) is 5.57 Å². The Morgan fingerprint density at radius 1 is 1.64 bits per heavy atom. The van der Waals surface area contributed by atoms with E-state index < -0.39 is 0 Å². The Bertz CT molecular complexity index is 203. The van der Waals surface area contributed by atoms with Crippen LogP contribution in [0.1, 0.15) is 27.2 Å². The highest BCUT2D eigenvalue weighted by Gasteiger charge is 2.13. The highest BCUT2D eigenvalue weighted by atomic mass is 16.1. The van der Waals surface area contributed by atoms with Gasteiger partial charge in [-0.25, -0.2) is 0 Å². The zero-order valence-electron chi connectivity index (χ0n) is 7.35. The minimum absolute atomic E-state index is 0.135. The highest BCUT2D eigenvalue weighted by molar-refractivity contribution is 5.65. The summed E-state index contributed by atoms with van der Waals surface area (Å²) in [5.74, 6) is 2.67. The number of carbonyl (C=O) groups is 1. The van der Waals surface area contributed by atoms with Crippen molar-refractivity contribution in [3.8, 4) is 12.3 Å². The normalized spacial score (nSPS) is 12.4. The molecule has 1 nitrogen and oxygen atoms in total. The van der Waals surface area contributed by atoms with E-state index in [-0.39, 0.29) is 5.41 Å². The minimum atomic E-state index is -0.135. The van der Waals surface area contributed by atoms with E-state index in [9.17, 15) is 4.79 Å². The lowest BCUT2D eigenvalue weighted by Gasteiger charge is -2.16. The first kappa shape index (κ1) is 9.97. The number of hydrogen-bond donors (Lipinski definition) is 0. The zero-order chi connectivity index (χ0) is 8.91. The summed E-state index contributed by atoms with van der Waals surface area (Å²) >= 11 is 0. The van der Waals surface area contributed by atoms with Crippen molar-refractivity contribution in [2.45, 2.75) is 27.2 Å². The van der Waals surface area contributed by atoms with Gasteiger partial charge in [0, 0.05) is 5.41 Å². The Kier molecular flexibility index (Phi) is 3.60. The number of carbonyl (C=O) groups excluding carboxylic acids is 1. The van der Waals surface area contributed by atoms with Crippen molar-refractivity contribution in [3.63, 3.8) is 0 Å². The van der Waals surface area contributed by atoms with Gasteiger partial charge in [-0.15, -0.1) is 12.3 Å². The summed E-state index contributed by atoms with van der Waals surface area (Å²) in [7, 11) is 0. The van der Waals surface area contributed by atoms with Crippen molar-refractivity contribution in [2.24, 2.45) is 5.41 Å². The summed E-state index contributed by atoms with van der Waals surface area (Å²) in [6.45, 7) is 5.87. The molecule has 0 spiro atoms. The van der Waals surface area contributed by atoms with E-state index >= 15 is 0 Å². The molecule has 0 bridgehead atoms. The molecule has 0 aromatic carbocycles. The predicted molar refractivity (Wildman–Crippen MR) is 47.1 cm³/mol. The van der Waals surface area contributed by atoms with Crippen LogP contribution in [-0.4, -0.2) is 6.29 Å². The van der Waals surface area contributed by atoms with Gasteiger partial charge in [0.05, 0.1) is 0 Å². The average molecular weight is 150 g/mol. The summed E-state index contributed by atoms with van der Waals surface area (Å²) in [6, 6.07) is 0. The first-order valence-electron chi connectivity index (χ1n) is 3.60. The van der Waals surface area contributed by atoms with E-state index in [4.69, 9.17) is 6.42 Å². The molecule has 0 fully saturated rings. The van der Waals surface area contributed by atoms with E-state index in [0.717, 1.165) is 18.3 Å². The van der Waals surface area contributed by atoms with Crippen molar-refractivity contribution in [1.29, 1.82) is 0 Å². The molecule has 0 aliphatic heterocycles. The van der Waals surface area contributed by atoms with Gasteiger partial charge in [0.1, 0.15) is 6.29 Å². The average Bonchev–Trinajstić information content (AvgIpc) is 1.87. The lowest BCUT2D eigenvalue weighted by atomic mass is 9.87. The minimum Gasteiger partial charge on any atom is -0.299 e. The van der Waals surface area contributed by atoms with Gasteiger partial charge >= 0.3 is 0 Å². The number of allylic oxidation sites excluding steroid dienone is 2. The van der Waals surface area contributed by atoms with Crippen LogP contribution >= 0.6 is 0 Å². The molecule has 0 aliphatic carbocycles. The molecule has 0 saturated carbocycles. The quantitative estimate of drug-likeness (QED) is 0.342. The van der Waals surface area contributed by atoms with Crippen LogP contribution in [0.4, 0.5) is 0 Å². The van der Waals surface area contributed by atoms with Crippen LogP contribution in [0, 0.1) is 17.8 Å². The van der Waals surface area contributed by atoms with Crippen LogP contribution < -0.4 is 0 Å². The number of terminal acetylenes is 1. The molecule has 0 saturated heterocycles. The SMILES string of the molecule is C#CC(C)(C)C/C(C)=C/C=O. The highest BCUT2D eigenvalue weighted by Crippen LogP contribution is 2.22. The molecule has 1 heteroatoms. The van der Waals surface area contributed by atoms with Crippen LogP contribution in [0.3, 0.4) is 0 Å². The summed E-state index contributed by atoms with van der Waals surface area (Å²) in [5.41, 5.74) is 0.895. The van der Waals surface area contributed by atoms with Gasteiger partial charge < -0.3 is 0 Å². The first-order chi connectivity index (χ1) is 5.02. The van der Waals surface area contributed by atoms with Crippen LogP contribution in [0.15, 0.2) is 11.6 Å². The summed E-state index contributed by atoms with van der Waals surface area (Å²) in [5, 5.41) is 0. The number of aldehydes is 1. The maximum atomic E-state index is 10.1. The molecule has 0 heterocycles. The Labute approximate surface area is 68.5 Å². The molecular weight excluding hydrogens is 136 g/mol. The van der Waals surface area contributed by atoms with Gasteiger partial charge in [-0.05, 0) is 33.3 Å². The second-order valence-electron chi connectivity index (χ2n) is 3.35. The molecular formula is C10H14O. The predicted octanol–water partition coefficient (Wildman–Crippen LogP) is 2.18. The maximum absolute atomic E-state index is 10.1. The van der Waals surface area contributed by atoms with Gasteiger partial charge in [0.2, 0.25) is 0 Å². The summed E-state index contributed by atoms with van der Waals surface area (Å²) in [6.07, 6.45) is 8.41. The van der Waals surface area contributed by atoms with Crippen molar-refractivity contribution < 1.29 is 4.79 Å². The van der Waals surface area contributed by atoms with Gasteiger partial charge in [-0.2, -0.15) is 0 Å². The zero-order valence-corrected chi connectivity index (χ0v) is 7.35. The Balaban J connectivity index is 4.17. The second-order valence-corrected chi connectivity index (χ2v) is 3.35. The maximum Gasteiger partial charge on any atom is 0.142 e. The Morgan fingerprint density at radius 3 is 2.55 bits per heavy atom. The van der Waals surface area contributed by atoms with Crippen molar-refractivity contribution in [3.05, 3.63) is 11.6 Å². The smallest absolute Gasteiger partial charge is 0.142 e. The van der Waals surface area contributed by atoms with E-state index in [2.05, 4.69) is 5.92 Å². The Morgan fingerprint density at radius 2 is 2.18 bits per heavy atom. The standard InChI is InChI=1S/C10H14O/c1-5-10(3,4)8-9(2)6-7-11/h1,6-7H,8H2,2-4H3/b9-6+. The molecule has 60 valence electrons. The fourth-order valence-electron chi connectivity index (χ4n) is 0.923. The largest absolute Gasteiger partial charge is 0.299 e. The van der Waals surface area contributed by atoms with Crippen LogP contribution in [0.25, 0.3) is 0 Å². The molecule has 0 rings (SSSR count). The van der Waals surface area contributed by atoms with Crippen molar-refractivity contribution >= 4 is 6.29 Å². The number of rotatable bonds is 3. The van der Waals surface area contributed by atoms with Crippen LogP contribution in [-0.2, 0) is 4.79 Å². The number of hydrogen-bond acceptors (Lipinski definition) is 1. The van der Waals surface area contributed by atoms with E-state index in [1.165, 1.54) is 0 Å². The van der Waals surface area contributed by atoms with E-state index in [1.54, 1.807) is 6.08 Å². The topological polar surface area (TPSA) is 17.1 Å². The molecule has 0 N–H and O–H groups in total. The van der Waals surface area contributed by atoms with Gasteiger partial charge in [0.15, 0.2) is 0 Å². The summed E-state index contributed by atoms with van der Waals surface area (Å²) in [4.78, 5) is 10.1. The second kappa shape index (κ2) is 3.98. The van der Waals surface area contributed by atoms with Crippen LogP contribution in [0.5, 0.6) is 0 Å². The van der Waals surface area contributed by atoms with E-state index in [1.807, 2.05) is 20.8 Å².